The first-order chi connectivity index (χ1) is 14.9. The average Bonchev–Trinajstić information content (AvgIpc) is 3.17. The molecule has 4 aromatic rings. The molecule has 1 amide bonds. The monoisotopic (exact) mass is 499 g/mol. The zero-order valence-electron chi connectivity index (χ0n) is 16.1. The molecule has 0 unspecified atom stereocenters. The summed E-state index contributed by atoms with van der Waals surface area (Å²) in [5.41, 5.74) is 2.59. The summed E-state index contributed by atoms with van der Waals surface area (Å²) in [7, 11) is 1.49. The third-order valence-corrected chi connectivity index (χ3v) is 5.05. The number of anilines is 1. The zero-order valence-corrected chi connectivity index (χ0v) is 18.5. The summed E-state index contributed by atoms with van der Waals surface area (Å²) in [6.45, 7) is 0. The molecule has 0 saturated carbocycles. The lowest BCUT2D eigenvalue weighted by Gasteiger charge is -2.12. The molecule has 6 nitrogen and oxygen atoms in total. The van der Waals surface area contributed by atoms with Gasteiger partial charge in [0.15, 0.2) is 10.7 Å². The van der Waals surface area contributed by atoms with Crippen molar-refractivity contribution < 1.29 is 18.3 Å². The number of oxazole rings is 1. The van der Waals surface area contributed by atoms with E-state index in [2.05, 4.69) is 31.5 Å². The Labute approximate surface area is 190 Å². The standard InChI is InChI=1S/C22H15BrFN3O3S/c1-29-18-7-5-13(23)10-16(18)20(28)27-22(31)25-15-6-8-19-17(11-15)26-21(30-19)12-3-2-4-14(24)9-12/h2-11H,1H3,(H2,25,27,28,31). The number of ether oxygens (including phenoxy) is 1. The van der Waals surface area contributed by atoms with Gasteiger partial charge < -0.3 is 14.5 Å². The van der Waals surface area contributed by atoms with Crippen LogP contribution in [-0.4, -0.2) is 23.1 Å². The SMILES string of the molecule is COc1ccc(Br)cc1C(=O)NC(=S)Nc1ccc2oc(-c3cccc(F)c3)nc2c1. The van der Waals surface area contributed by atoms with Gasteiger partial charge in [0, 0.05) is 15.7 Å². The molecule has 9 heteroatoms. The van der Waals surface area contributed by atoms with Crippen molar-refractivity contribution in [1.29, 1.82) is 0 Å². The Morgan fingerprint density at radius 2 is 2.00 bits per heavy atom. The largest absolute Gasteiger partial charge is 0.496 e. The minimum Gasteiger partial charge on any atom is -0.496 e. The maximum absolute atomic E-state index is 13.5. The molecular weight excluding hydrogens is 485 g/mol. The molecule has 0 fully saturated rings. The Bertz CT molecular complexity index is 1310. The van der Waals surface area contributed by atoms with Crippen LogP contribution in [0.5, 0.6) is 5.75 Å². The number of methoxy groups -OCH3 is 1. The summed E-state index contributed by atoms with van der Waals surface area (Å²) >= 11 is 8.60. The average molecular weight is 500 g/mol. The van der Waals surface area contributed by atoms with E-state index in [0.717, 1.165) is 4.47 Å². The number of amides is 1. The summed E-state index contributed by atoms with van der Waals surface area (Å²) in [5.74, 6) is -0.0430. The number of hydrogen-bond donors (Lipinski definition) is 2. The van der Waals surface area contributed by atoms with E-state index in [1.165, 1.54) is 19.2 Å². The first-order valence-electron chi connectivity index (χ1n) is 9.05. The smallest absolute Gasteiger partial charge is 0.261 e. The molecule has 0 aliphatic carbocycles. The molecule has 156 valence electrons. The maximum atomic E-state index is 13.5. The van der Waals surface area contributed by atoms with Gasteiger partial charge in [-0.2, -0.15) is 0 Å². The fourth-order valence-corrected chi connectivity index (χ4v) is 3.51. The Kier molecular flexibility index (Phi) is 5.97. The number of nitrogens with one attached hydrogen (secondary N) is 2. The molecule has 1 aromatic heterocycles. The third-order valence-electron chi connectivity index (χ3n) is 4.35. The van der Waals surface area contributed by atoms with Crippen molar-refractivity contribution in [2.75, 3.05) is 12.4 Å². The second-order valence-corrected chi connectivity index (χ2v) is 7.79. The Morgan fingerprint density at radius 1 is 1.16 bits per heavy atom. The molecule has 0 bridgehead atoms. The lowest BCUT2D eigenvalue weighted by molar-refractivity contribution is 0.0974. The van der Waals surface area contributed by atoms with Crippen LogP contribution in [0.1, 0.15) is 10.4 Å². The van der Waals surface area contributed by atoms with E-state index in [-0.39, 0.29) is 10.9 Å². The Morgan fingerprint density at radius 3 is 2.77 bits per heavy atom. The predicted octanol–water partition coefficient (Wildman–Crippen LogP) is 5.53. The molecule has 0 aliphatic heterocycles. The van der Waals surface area contributed by atoms with Crippen LogP contribution in [0.15, 0.2) is 69.6 Å². The van der Waals surface area contributed by atoms with Crippen LogP contribution in [0.2, 0.25) is 0 Å². The van der Waals surface area contributed by atoms with Crippen LogP contribution >= 0.6 is 28.1 Å². The van der Waals surface area contributed by atoms with Crippen LogP contribution in [0, 0.1) is 5.82 Å². The van der Waals surface area contributed by atoms with Crippen molar-refractivity contribution in [1.82, 2.24) is 10.3 Å². The predicted molar refractivity (Wildman–Crippen MR) is 124 cm³/mol. The van der Waals surface area contributed by atoms with Crippen molar-refractivity contribution in [3.8, 4) is 17.2 Å². The molecule has 0 aliphatic rings. The molecule has 0 saturated heterocycles. The molecule has 4 rings (SSSR count). The number of rotatable bonds is 4. The fourth-order valence-electron chi connectivity index (χ4n) is 2.94. The Hall–Kier alpha value is -3.30. The summed E-state index contributed by atoms with van der Waals surface area (Å²) in [6, 6.07) is 16.3. The molecule has 0 spiro atoms. The van der Waals surface area contributed by atoms with Crippen molar-refractivity contribution in [2.24, 2.45) is 0 Å². The highest BCUT2D eigenvalue weighted by molar-refractivity contribution is 9.10. The third kappa shape index (κ3) is 4.73. The van der Waals surface area contributed by atoms with Crippen LogP contribution < -0.4 is 15.4 Å². The summed E-state index contributed by atoms with van der Waals surface area (Å²) in [6.07, 6.45) is 0. The summed E-state index contributed by atoms with van der Waals surface area (Å²) < 4.78 is 25.1. The van der Waals surface area contributed by atoms with Crippen LogP contribution in [0.4, 0.5) is 10.1 Å². The van der Waals surface area contributed by atoms with E-state index in [4.69, 9.17) is 21.4 Å². The molecular formula is C22H15BrFN3O3S. The Balaban J connectivity index is 1.50. The van der Waals surface area contributed by atoms with Crippen LogP contribution in [0.3, 0.4) is 0 Å². The molecule has 31 heavy (non-hydrogen) atoms. The van der Waals surface area contributed by atoms with Gasteiger partial charge in [-0.05, 0) is 66.8 Å². The van der Waals surface area contributed by atoms with Gasteiger partial charge >= 0.3 is 0 Å². The second kappa shape index (κ2) is 8.83. The number of carbonyl (C=O) groups is 1. The highest BCUT2D eigenvalue weighted by Crippen LogP contribution is 2.27. The van der Waals surface area contributed by atoms with Gasteiger partial charge in [0.25, 0.3) is 5.91 Å². The zero-order chi connectivity index (χ0) is 22.0. The van der Waals surface area contributed by atoms with E-state index >= 15 is 0 Å². The van der Waals surface area contributed by atoms with E-state index in [1.54, 1.807) is 48.5 Å². The number of fused-ring (bicyclic) bond motifs is 1. The highest BCUT2D eigenvalue weighted by atomic mass is 79.9. The van der Waals surface area contributed by atoms with E-state index in [0.29, 0.717) is 39.6 Å². The number of thiocarbonyl (C=S) groups is 1. The quantitative estimate of drug-likeness (QED) is 0.359. The normalized spacial score (nSPS) is 10.7. The highest BCUT2D eigenvalue weighted by Gasteiger charge is 2.15. The van der Waals surface area contributed by atoms with Gasteiger partial charge in [-0.15, -0.1) is 0 Å². The van der Waals surface area contributed by atoms with Crippen LogP contribution in [0.25, 0.3) is 22.6 Å². The van der Waals surface area contributed by atoms with Gasteiger partial charge in [-0.3, -0.25) is 10.1 Å². The number of halogens is 2. The number of aromatic nitrogens is 1. The van der Waals surface area contributed by atoms with E-state index < -0.39 is 5.91 Å². The second-order valence-electron chi connectivity index (χ2n) is 6.46. The van der Waals surface area contributed by atoms with Crippen molar-refractivity contribution in [3.63, 3.8) is 0 Å². The lowest BCUT2D eigenvalue weighted by Crippen LogP contribution is -2.34. The molecule has 1 heterocycles. The summed E-state index contributed by atoms with van der Waals surface area (Å²) in [4.78, 5) is 17.0. The van der Waals surface area contributed by atoms with Crippen molar-refractivity contribution in [3.05, 3.63) is 76.5 Å². The maximum Gasteiger partial charge on any atom is 0.261 e. The van der Waals surface area contributed by atoms with Crippen LogP contribution in [-0.2, 0) is 0 Å². The van der Waals surface area contributed by atoms with Gasteiger partial charge in [-0.1, -0.05) is 22.0 Å². The van der Waals surface area contributed by atoms with E-state index in [9.17, 15) is 9.18 Å². The minimum atomic E-state index is -0.411. The lowest BCUT2D eigenvalue weighted by atomic mass is 10.2. The topological polar surface area (TPSA) is 76.4 Å². The molecule has 0 radical (unpaired) electrons. The van der Waals surface area contributed by atoms with E-state index in [1.807, 2.05) is 0 Å². The van der Waals surface area contributed by atoms with Crippen molar-refractivity contribution >= 4 is 56.0 Å². The number of hydrogen-bond acceptors (Lipinski definition) is 5. The minimum absolute atomic E-state index is 0.111. The van der Waals surface area contributed by atoms with Gasteiger partial charge in [-0.25, -0.2) is 9.37 Å². The van der Waals surface area contributed by atoms with Crippen molar-refractivity contribution in [2.45, 2.75) is 0 Å². The molecule has 3 aromatic carbocycles. The summed E-state index contributed by atoms with van der Waals surface area (Å²) in [5, 5.41) is 5.69. The fraction of sp³-hybridized carbons (Fsp3) is 0.0455. The first kappa shape index (κ1) is 21.0. The van der Waals surface area contributed by atoms with Gasteiger partial charge in [0.1, 0.15) is 17.1 Å². The number of carbonyl (C=O) groups excluding carboxylic acids is 1. The van der Waals surface area contributed by atoms with Gasteiger partial charge in [0.2, 0.25) is 5.89 Å². The molecule has 0 atom stereocenters. The first-order valence-corrected chi connectivity index (χ1v) is 10.3. The number of benzene rings is 3. The molecule has 2 N–H and O–H groups in total. The number of nitrogens with zero attached hydrogens (tertiary/aromatic N) is 1. The van der Waals surface area contributed by atoms with Gasteiger partial charge in [0.05, 0.1) is 12.7 Å².